The fourth-order valence-electron chi connectivity index (χ4n) is 2.23. The molecular formula is C15H20N2O2S. The van der Waals surface area contributed by atoms with Gasteiger partial charge in [-0.3, -0.25) is 9.59 Å². The average Bonchev–Trinajstić information content (AvgIpc) is 2.78. The Morgan fingerprint density at radius 1 is 1.40 bits per heavy atom. The Kier molecular flexibility index (Phi) is 5.06. The van der Waals surface area contributed by atoms with Gasteiger partial charge in [0, 0.05) is 19.2 Å². The largest absolute Gasteiger partial charge is 0.326 e. The van der Waals surface area contributed by atoms with Crippen LogP contribution >= 0.6 is 11.8 Å². The van der Waals surface area contributed by atoms with Crippen molar-refractivity contribution < 1.29 is 9.59 Å². The van der Waals surface area contributed by atoms with Crippen LogP contribution in [0.4, 0.5) is 5.69 Å². The highest BCUT2D eigenvalue weighted by Crippen LogP contribution is 2.38. The molecule has 0 aromatic heterocycles. The molecule has 20 heavy (non-hydrogen) atoms. The SMILES string of the molecule is CCCCN1C(=O)CSC1c1ccc(NC(C)=O)cc1. The summed E-state index contributed by atoms with van der Waals surface area (Å²) in [6.45, 7) is 4.44. The molecule has 1 atom stereocenters. The monoisotopic (exact) mass is 292 g/mol. The van der Waals surface area contributed by atoms with Crippen molar-refractivity contribution in [3.63, 3.8) is 0 Å². The lowest BCUT2D eigenvalue weighted by Gasteiger charge is -2.24. The van der Waals surface area contributed by atoms with Gasteiger partial charge in [0.25, 0.3) is 0 Å². The van der Waals surface area contributed by atoms with E-state index in [1.165, 1.54) is 6.92 Å². The average molecular weight is 292 g/mol. The van der Waals surface area contributed by atoms with Crippen LogP contribution in [0.25, 0.3) is 0 Å². The lowest BCUT2D eigenvalue weighted by Crippen LogP contribution is -2.29. The fraction of sp³-hybridized carbons (Fsp3) is 0.467. The van der Waals surface area contributed by atoms with Crippen molar-refractivity contribution in [3.05, 3.63) is 29.8 Å². The number of hydrogen-bond acceptors (Lipinski definition) is 3. The molecule has 0 saturated carbocycles. The molecule has 0 spiro atoms. The maximum absolute atomic E-state index is 11.9. The van der Waals surface area contributed by atoms with Crippen molar-refractivity contribution in [1.29, 1.82) is 0 Å². The molecule has 1 aliphatic rings. The second-order valence-corrected chi connectivity index (χ2v) is 5.98. The van der Waals surface area contributed by atoms with E-state index in [0.29, 0.717) is 5.75 Å². The van der Waals surface area contributed by atoms with E-state index in [0.717, 1.165) is 30.6 Å². The van der Waals surface area contributed by atoms with E-state index in [-0.39, 0.29) is 17.2 Å². The molecule has 1 aromatic carbocycles. The van der Waals surface area contributed by atoms with Gasteiger partial charge in [0.05, 0.1) is 5.75 Å². The smallest absolute Gasteiger partial charge is 0.233 e. The van der Waals surface area contributed by atoms with Crippen molar-refractivity contribution in [3.8, 4) is 0 Å². The quantitative estimate of drug-likeness (QED) is 0.907. The van der Waals surface area contributed by atoms with Crippen LogP contribution in [0.5, 0.6) is 0 Å². The molecule has 4 nitrogen and oxygen atoms in total. The summed E-state index contributed by atoms with van der Waals surface area (Å²) < 4.78 is 0. The summed E-state index contributed by atoms with van der Waals surface area (Å²) in [5.74, 6) is 0.703. The van der Waals surface area contributed by atoms with Crippen molar-refractivity contribution in [2.24, 2.45) is 0 Å². The lowest BCUT2D eigenvalue weighted by molar-refractivity contribution is -0.128. The summed E-state index contributed by atoms with van der Waals surface area (Å²) in [4.78, 5) is 24.9. The highest BCUT2D eigenvalue weighted by atomic mass is 32.2. The molecule has 108 valence electrons. The number of nitrogens with one attached hydrogen (secondary N) is 1. The first-order valence-electron chi connectivity index (χ1n) is 6.90. The third-order valence-corrected chi connectivity index (χ3v) is 4.49. The van der Waals surface area contributed by atoms with Gasteiger partial charge in [0.15, 0.2) is 0 Å². The molecule has 2 rings (SSSR count). The Hall–Kier alpha value is -1.49. The van der Waals surface area contributed by atoms with Crippen LogP contribution in [0.1, 0.15) is 37.6 Å². The van der Waals surface area contributed by atoms with Crippen molar-refractivity contribution in [2.75, 3.05) is 17.6 Å². The van der Waals surface area contributed by atoms with E-state index in [1.807, 2.05) is 29.2 Å². The molecule has 1 aliphatic heterocycles. The van der Waals surface area contributed by atoms with Gasteiger partial charge < -0.3 is 10.2 Å². The number of benzene rings is 1. The van der Waals surface area contributed by atoms with Crippen molar-refractivity contribution >= 4 is 29.3 Å². The third kappa shape index (κ3) is 3.54. The summed E-state index contributed by atoms with van der Waals surface area (Å²) in [5, 5.41) is 2.86. The first-order chi connectivity index (χ1) is 9.61. The van der Waals surface area contributed by atoms with Crippen LogP contribution < -0.4 is 5.32 Å². The zero-order valence-corrected chi connectivity index (χ0v) is 12.7. The second-order valence-electron chi connectivity index (χ2n) is 4.91. The third-order valence-electron chi connectivity index (χ3n) is 3.24. The topological polar surface area (TPSA) is 49.4 Å². The summed E-state index contributed by atoms with van der Waals surface area (Å²) >= 11 is 1.67. The predicted molar refractivity (Wildman–Crippen MR) is 82.6 cm³/mol. The minimum absolute atomic E-state index is 0.0762. The molecule has 2 amide bonds. The standard InChI is InChI=1S/C15H20N2O2S/c1-3-4-9-17-14(19)10-20-15(17)12-5-7-13(8-6-12)16-11(2)18/h5-8,15H,3-4,9-10H2,1-2H3,(H,16,18). The molecule has 1 fully saturated rings. The summed E-state index contributed by atoms with van der Waals surface area (Å²) in [7, 11) is 0. The molecule has 1 aromatic rings. The Labute approximate surface area is 123 Å². The Balaban J connectivity index is 2.09. The van der Waals surface area contributed by atoms with Crippen LogP contribution in [0.3, 0.4) is 0 Å². The molecule has 1 saturated heterocycles. The van der Waals surface area contributed by atoms with E-state index in [4.69, 9.17) is 0 Å². The van der Waals surface area contributed by atoms with Gasteiger partial charge in [-0.05, 0) is 24.1 Å². The van der Waals surface area contributed by atoms with Crippen LogP contribution in [-0.4, -0.2) is 29.0 Å². The number of unbranched alkanes of at least 4 members (excludes halogenated alkanes) is 1. The van der Waals surface area contributed by atoms with Crippen molar-refractivity contribution in [1.82, 2.24) is 4.90 Å². The van der Waals surface area contributed by atoms with Crippen LogP contribution in [0.2, 0.25) is 0 Å². The highest BCUT2D eigenvalue weighted by Gasteiger charge is 2.31. The van der Waals surface area contributed by atoms with Crippen LogP contribution in [-0.2, 0) is 9.59 Å². The lowest BCUT2D eigenvalue weighted by atomic mass is 10.1. The van der Waals surface area contributed by atoms with Crippen molar-refractivity contribution in [2.45, 2.75) is 32.1 Å². The Morgan fingerprint density at radius 2 is 2.10 bits per heavy atom. The number of nitrogens with zero attached hydrogens (tertiary/aromatic N) is 1. The molecule has 0 radical (unpaired) electrons. The van der Waals surface area contributed by atoms with Crippen LogP contribution in [0, 0.1) is 0 Å². The zero-order chi connectivity index (χ0) is 14.5. The Morgan fingerprint density at radius 3 is 2.70 bits per heavy atom. The summed E-state index contributed by atoms with van der Waals surface area (Å²) in [6, 6.07) is 7.75. The number of anilines is 1. The van der Waals surface area contributed by atoms with Gasteiger partial charge >= 0.3 is 0 Å². The van der Waals surface area contributed by atoms with E-state index in [1.54, 1.807) is 11.8 Å². The number of hydrogen-bond donors (Lipinski definition) is 1. The normalized spacial score (nSPS) is 18.4. The van der Waals surface area contributed by atoms with Gasteiger partial charge in [0.1, 0.15) is 5.37 Å². The van der Waals surface area contributed by atoms with E-state index < -0.39 is 0 Å². The maximum atomic E-state index is 11.9. The maximum Gasteiger partial charge on any atom is 0.233 e. The molecule has 1 heterocycles. The fourth-order valence-corrected chi connectivity index (χ4v) is 3.45. The minimum atomic E-state index is -0.0762. The number of carbonyl (C=O) groups is 2. The van der Waals surface area contributed by atoms with Gasteiger partial charge in [-0.25, -0.2) is 0 Å². The van der Waals surface area contributed by atoms with Gasteiger partial charge in [-0.2, -0.15) is 0 Å². The highest BCUT2D eigenvalue weighted by molar-refractivity contribution is 8.00. The second kappa shape index (κ2) is 6.79. The first kappa shape index (κ1) is 14.9. The van der Waals surface area contributed by atoms with Gasteiger partial charge in [-0.1, -0.05) is 25.5 Å². The molecular weight excluding hydrogens is 272 g/mol. The summed E-state index contributed by atoms with van der Waals surface area (Å²) in [6.07, 6.45) is 2.12. The number of rotatable bonds is 5. The minimum Gasteiger partial charge on any atom is -0.326 e. The van der Waals surface area contributed by atoms with Crippen LogP contribution in [0.15, 0.2) is 24.3 Å². The molecule has 1 unspecified atom stereocenters. The van der Waals surface area contributed by atoms with Gasteiger partial charge in [0.2, 0.25) is 11.8 Å². The zero-order valence-electron chi connectivity index (χ0n) is 11.9. The van der Waals surface area contributed by atoms with E-state index >= 15 is 0 Å². The van der Waals surface area contributed by atoms with Gasteiger partial charge in [-0.15, -0.1) is 11.8 Å². The summed E-state index contributed by atoms with van der Waals surface area (Å²) in [5.41, 5.74) is 1.90. The molecule has 1 N–H and O–H groups in total. The van der Waals surface area contributed by atoms with E-state index in [2.05, 4.69) is 12.2 Å². The molecule has 5 heteroatoms. The number of thioether (sulfide) groups is 1. The predicted octanol–water partition coefficient (Wildman–Crippen LogP) is 3.02. The number of amides is 2. The molecule has 0 bridgehead atoms. The molecule has 0 aliphatic carbocycles. The Bertz CT molecular complexity index is 487. The first-order valence-corrected chi connectivity index (χ1v) is 7.95. The number of carbonyl (C=O) groups excluding carboxylic acids is 2. The van der Waals surface area contributed by atoms with E-state index in [9.17, 15) is 9.59 Å².